The molecule has 0 aromatic carbocycles. The van der Waals surface area contributed by atoms with Crippen molar-refractivity contribution in [3.05, 3.63) is 0 Å². The summed E-state index contributed by atoms with van der Waals surface area (Å²) in [4.78, 5) is 0. The summed E-state index contributed by atoms with van der Waals surface area (Å²) in [6, 6.07) is 0. The van der Waals surface area contributed by atoms with Crippen molar-refractivity contribution in [2.45, 2.75) is 70.2 Å². The van der Waals surface area contributed by atoms with Gasteiger partial charge in [-0.2, -0.15) is 0 Å². The monoisotopic (exact) mass is 598 g/mol. The van der Waals surface area contributed by atoms with E-state index < -0.39 is 68.5 Å². The van der Waals surface area contributed by atoms with Crippen molar-refractivity contribution in [2.24, 2.45) is 5.92 Å². The van der Waals surface area contributed by atoms with Crippen LogP contribution >= 0.6 is 0 Å². The molecule has 35 heavy (non-hydrogen) atoms. The molecule has 15 nitrogen and oxygen atoms in total. The van der Waals surface area contributed by atoms with E-state index in [9.17, 15) is 44.0 Å². The normalized spacial score (nSPS) is 25.3. The van der Waals surface area contributed by atoms with Gasteiger partial charge in [0.05, 0.1) is 13.2 Å². The first-order valence-corrected chi connectivity index (χ1v) is 13.4. The van der Waals surface area contributed by atoms with E-state index in [-0.39, 0.29) is 101 Å². The molecule has 0 unspecified atom stereocenters. The second-order valence-electron chi connectivity index (χ2n) is 6.94. The molecule has 1 rings (SSSR count). The fourth-order valence-corrected chi connectivity index (χ4v) is 4.42. The number of aliphatic hydroxyl groups is 1. The second kappa shape index (κ2) is 18.8. The smallest absolute Gasteiger partial charge is 0.726 e. The third-order valence-electron chi connectivity index (χ3n) is 4.34. The van der Waals surface area contributed by atoms with E-state index in [4.69, 9.17) is 9.47 Å². The molecular weight excluding hydrogens is 573 g/mol. The van der Waals surface area contributed by atoms with Gasteiger partial charge in [-0.15, -0.1) is 0 Å². The molecule has 1 fully saturated rings. The number of rotatable bonds is 14. The average molecular weight is 599 g/mol. The molecule has 1 saturated heterocycles. The molecule has 0 radical (unpaired) electrons. The number of hydrogen-bond acceptors (Lipinski definition) is 15. The predicted octanol–water partition coefficient (Wildman–Crippen LogP) is -10.5. The number of hydrogen-bond donors (Lipinski definition) is 1. The maximum Gasteiger partial charge on any atom is 1.00 e. The summed E-state index contributed by atoms with van der Waals surface area (Å²) in [6.45, 7) is 2.51. The van der Waals surface area contributed by atoms with Gasteiger partial charge in [0.1, 0.15) is 18.3 Å². The summed E-state index contributed by atoms with van der Waals surface area (Å²) in [5.74, 6) is -0.0794. The van der Waals surface area contributed by atoms with Crippen molar-refractivity contribution in [3.63, 3.8) is 0 Å². The van der Waals surface area contributed by atoms with E-state index in [1.807, 2.05) is 13.8 Å². The van der Waals surface area contributed by atoms with Gasteiger partial charge in [-0.3, -0.25) is 12.5 Å². The first-order valence-electron chi connectivity index (χ1n) is 9.39. The molecule has 0 spiro atoms. The van der Waals surface area contributed by atoms with Crippen molar-refractivity contribution in [2.75, 3.05) is 13.2 Å². The van der Waals surface area contributed by atoms with Crippen LogP contribution in [0.5, 0.6) is 0 Å². The Morgan fingerprint density at radius 3 is 1.69 bits per heavy atom. The Kier molecular flexibility index (Phi) is 22.5. The maximum atomic E-state index is 11.1. The van der Waals surface area contributed by atoms with Crippen LogP contribution in [0.25, 0.3) is 0 Å². The minimum absolute atomic E-state index is 0. The summed E-state index contributed by atoms with van der Waals surface area (Å²) in [7, 11) is -16.4. The summed E-state index contributed by atoms with van der Waals surface area (Å²) >= 11 is 0. The topological polar surface area (TPSA) is 238 Å². The zero-order chi connectivity index (χ0) is 24.7. The molecule has 0 amide bonds. The zero-order valence-electron chi connectivity index (χ0n) is 20.1. The van der Waals surface area contributed by atoms with Gasteiger partial charge in [-0.25, -0.2) is 25.3 Å². The van der Waals surface area contributed by atoms with Crippen molar-refractivity contribution in [3.8, 4) is 0 Å². The molecule has 5 atom stereocenters. The molecule has 21 heteroatoms. The van der Waals surface area contributed by atoms with Gasteiger partial charge in [0, 0.05) is 0 Å². The number of aliphatic hydroxyl groups excluding tert-OH is 1. The fraction of sp³-hybridized carbons (Fsp3) is 1.00. The molecule has 0 saturated carbocycles. The van der Waals surface area contributed by atoms with E-state index in [1.54, 1.807) is 0 Å². The van der Waals surface area contributed by atoms with Crippen LogP contribution < -0.4 is 88.7 Å². The van der Waals surface area contributed by atoms with Crippen molar-refractivity contribution < 1.29 is 155 Å². The molecule has 1 aliphatic heterocycles. The Morgan fingerprint density at radius 1 is 0.829 bits per heavy atom. The molecular formula is C14H25Na3O15S3. The predicted molar refractivity (Wildman–Crippen MR) is 98.7 cm³/mol. The van der Waals surface area contributed by atoms with Crippen molar-refractivity contribution in [1.82, 2.24) is 0 Å². The van der Waals surface area contributed by atoms with Crippen LogP contribution in [0.3, 0.4) is 0 Å². The molecule has 0 aromatic rings. The van der Waals surface area contributed by atoms with Gasteiger partial charge in [-0.05, 0) is 18.8 Å². The molecule has 1 aliphatic rings. The SMILES string of the molecule is CCCC(CCC)CO[C@@H]1O[C@H](COS(=O)(=O)[O-])[C@H](O)[C@H](OS(=O)(=O)[O-])[C@H]1OS(=O)(=O)[O-].[Na+].[Na+].[Na+]. The Balaban J connectivity index is -0.00000341. The third kappa shape index (κ3) is 17.7. The van der Waals surface area contributed by atoms with Gasteiger partial charge >= 0.3 is 88.7 Å². The van der Waals surface area contributed by atoms with Crippen molar-refractivity contribution >= 4 is 31.2 Å². The summed E-state index contributed by atoms with van der Waals surface area (Å²) in [5.41, 5.74) is 0. The Hall–Kier alpha value is 2.49. The zero-order valence-corrected chi connectivity index (χ0v) is 28.5. The summed E-state index contributed by atoms with van der Waals surface area (Å²) in [6.07, 6.45) is -7.84. The Labute approximate surface area is 272 Å². The van der Waals surface area contributed by atoms with Gasteiger partial charge in [0.25, 0.3) is 0 Å². The molecule has 1 N–H and O–H groups in total. The van der Waals surface area contributed by atoms with Crippen LogP contribution in [0, 0.1) is 5.92 Å². The summed E-state index contributed by atoms with van der Waals surface area (Å²) in [5, 5.41) is 10.3. The van der Waals surface area contributed by atoms with Gasteiger partial charge < -0.3 is 28.2 Å². The standard InChI is InChI=1S/C14H28O15S3.3Na/c1-3-5-9(6-4-2)7-25-14-13(29-32(22,23)24)12(28-31(19,20)21)11(15)10(27-14)8-26-30(16,17)18;;;/h9-15H,3-8H2,1-2H3,(H,16,17,18)(H,19,20,21)(H,22,23,24);;;/q;3*+1/p-3/t10-,11+,12+,13-,14-;;;/m1.../s1. The van der Waals surface area contributed by atoms with Gasteiger partial charge in [0.15, 0.2) is 12.4 Å². The van der Waals surface area contributed by atoms with E-state index in [2.05, 4.69) is 12.5 Å². The van der Waals surface area contributed by atoms with E-state index in [1.165, 1.54) is 0 Å². The second-order valence-corrected chi connectivity index (χ2v) is 10.0. The first-order chi connectivity index (χ1) is 14.6. The molecule has 1 heterocycles. The Bertz CT molecular complexity index is 893. The molecule has 192 valence electrons. The fourth-order valence-electron chi connectivity index (χ4n) is 3.16. The van der Waals surface area contributed by atoms with Crippen molar-refractivity contribution in [1.29, 1.82) is 0 Å². The van der Waals surface area contributed by atoms with Crippen LogP contribution in [0.1, 0.15) is 39.5 Å². The average Bonchev–Trinajstić information content (AvgIpc) is 2.60. The Morgan fingerprint density at radius 2 is 1.29 bits per heavy atom. The van der Waals surface area contributed by atoms with E-state index in [0.717, 1.165) is 12.8 Å². The van der Waals surface area contributed by atoms with Crippen LogP contribution in [0.15, 0.2) is 0 Å². The first kappa shape index (κ1) is 42.0. The minimum Gasteiger partial charge on any atom is -0.726 e. The third-order valence-corrected chi connectivity index (χ3v) is 5.68. The molecule has 0 aliphatic carbocycles. The number of ether oxygens (including phenoxy) is 2. The molecule has 0 aromatic heterocycles. The van der Waals surface area contributed by atoms with E-state index >= 15 is 0 Å². The minimum atomic E-state index is -5.60. The van der Waals surface area contributed by atoms with Crippen LogP contribution in [0.2, 0.25) is 0 Å². The van der Waals surface area contributed by atoms with Crippen LogP contribution in [0.4, 0.5) is 0 Å². The maximum absolute atomic E-state index is 11.1. The summed E-state index contributed by atoms with van der Waals surface area (Å²) < 4.78 is 122. The van der Waals surface area contributed by atoms with E-state index in [0.29, 0.717) is 12.8 Å². The molecule has 0 bridgehead atoms. The van der Waals surface area contributed by atoms with Crippen LogP contribution in [-0.4, -0.2) is 87.9 Å². The quantitative estimate of drug-likeness (QED) is 0.111. The van der Waals surface area contributed by atoms with Crippen LogP contribution in [-0.2, 0) is 53.2 Å². The largest absolute Gasteiger partial charge is 1.00 e. The van der Waals surface area contributed by atoms with Gasteiger partial charge in [-0.1, -0.05) is 26.7 Å². The van der Waals surface area contributed by atoms with Gasteiger partial charge in [0.2, 0.25) is 31.2 Å².